The standard InChI is InChI=1S/C17H26N4O2/c1-3-4-5-8-18-17(23)16-7-6-15(13-19-16)21-11-9-20(10-12-21)14(2)22/h6-7,13H,3-5,8-12H2,1-2H3,(H,18,23). The molecule has 0 aliphatic carbocycles. The highest BCUT2D eigenvalue weighted by Gasteiger charge is 2.19. The number of aromatic nitrogens is 1. The topological polar surface area (TPSA) is 65.5 Å². The van der Waals surface area contributed by atoms with Crippen LogP contribution in [0.1, 0.15) is 43.6 Å². The zero-order valence-electron chi connectivity index (χ0n) is 14.0. The molecule has 23 heavy (non-hydrogen) atoms. The Hall–Kier alpha value is -2.11. The monoisotopic (exact) mass is 318 g/mol. The summed E-state index contributed by atoms with van der Waals surface area (Å²) < 4.78 is 0. The van der Waals surface area contributed by atoms with Crippen molar-refractivity contribution in [2.75, 3.05) is 37.6 Å². The number of pyridine rings is 1. The predicted octanol–water partition coefficient (Wildman–Crippen LogP) is 1.67. The first kappa shape index (κ1) is 17.2. The summed E-state index contributed by atoms with van der Waals surface area (Å²) in [4.78, 5) is 31.6. The van der Waals surface area contributed by atoms with Crippen molar-refractivity contribution in [2.45, 2.75) is 33.1 Å². The second-order valence-corrected chi connectivity index (χ2v) is 5.86. The molecule has 0 atom stereocenters. The third kappa shape index (κ3) is 4.94. The fourth-order valence-electron chi connectivity index (χ4n) is 2.65. The number of amides is 2. The molecular weight excluding hydrogens is 292 g/mol. The maximum absolute atomic E-state index is 12.0. The van der Waals surface area contributed by atoms with E-state index in [9.17, 15) is 9.59 Å². The minimum absolute atomic E-state index is 0.117. The zero-order chi connectivity index (χ0) is 16.7. The summed E-state index contributed by atoms with van der Waals surface area (Å²) in [6.45, 7) is 7.49. The molecule has 1 N–H and O–H groups in total. The van der Waals surface area contributed by atoms with Gasteiger partial charge in [0.15, 0.2) is 0 Å². The smallest absolute Gasteiger partial charge is 0.269 e. The Morgan fingerprint density at radius 3 is 2.48 bits per heavy atom. The summed E-state index contributed by atoms with van der Waals surface area (Å²) in [6, 6.07) is 3.69. The fourth-order valence-corrected chi connectivity index (χ4v) is 2.65. The highest BCUT2D eigenvalue weighted by Crippen LogP contribution is 2.15. The van der Waals surface area contributed by atoms with Crippen LogP contribution >= 0.6 is 0 Å². The zero-order valence-corrected chi connectivity index (χ0v) is 14.0. The van der Waals surface area contributed by atoms with Gasteiger partial charge in [-0.3, -0.25) is 9.59 Å². The lowest BCUT2D eigenvalue weighted by Crippen LogP contribution is -2.48. The predicted molar refractivity (Wildman–Crippen MR) is 90.6 cm³/mol. The van der Waals surface area contributed by atoms with Crippen LogP contribution in [0.5, 0.6) is 0 Å². The number of rotatable bonds is 6. The first-order valence-electron chi connectivity index (χ1n) is 8.36. The van der Waals surface area contributed by atoms with Crippen molar-refractivity contribution in [2.24, 2.45) is 0 Å². The van der Waals surface area contributed by atoms with Crippen LogP contribution in [0.25, 0.3) is 0 Å². The molecule has 0 aromatic carbocycles. The average Bonchev–Trinajstić information content (AvgIpc) is 2.59. The van der Waals surface area contributed by atoms with Crippen LogP contribution in [0.2, 0.25) is 0 Å². The molecule has 2 rings (SSSR count). The minimum Gasteiger partial charge on any atom is -0.367 e. The number of piperazine rings is 1. The summed E-state index contributed by atoms with van der Waals surface area (Å²) in [5.74, 6) is 0.00641. The van der Waals surface area contributed by atoms with Gasteiger partial charge in [0.25, 0.3) is 5.91 Å². The van der Waals surface area contributed by atoms with Gasteiger partial charge in [-0.1, -0.05) is 19.8 Å². The van der Waals surface area contributed by atoms with Crippen molar-refractivity contribution < 1.29 is 9.59 Å². The second-order valence-electron chi connectivity index (χ2n) is 5.86. The van der Waals surface area contributed by atoms with Gasteiger partial charge >= 0.3 is 0 Å². The Morgan fingerprint density at radius 1 is 1.17 bits per heavy atom. The van der Waals surface area contributed by atoms with Gasteiger partial charge in [0.05, 0.1) is 11.9 Å². The molecule has 0 radical (unpaired) electrons. The molecule has 0 unspecified atom stereocenters. The lowest BCUT2D eigenvalue weighted by Gasteiger charge is -2.35. The van der Waals surface area contributed by atoms with E-state index < -0.39 is 0 Å². The molecule has 1 saturated heterocycles. The molecular formula is C17H26N4O2. The summed E-state index contributed by atoms with van der Waals surface area (Å²) in [5, 5.41) is 2.89. The SMILES string of the molecule is CCCCCNC(=O)c1ccc(N2CCN(C(C)=O)CC2)cn1. The van der Waals surface area contributed by atoms with Crippen LogP contribution in [0, 0.1) is 0 Å². The Bertz CT molecular complexity index is 522. The molecule has 2 heterocycles. The maximum Gasteiger partial charge on any atom is 0.269 e. The van der Waals surface area contributed by atoms with Crippen molar-refractivity contribution in [3.05, 3.63) is 24.0 Å². The number of nitrogens with one attached hydrogen (secondary N) is 1. The number of carbonyl (C=O) groups excluding carboxylic acids is 2. The Balaban J connectivity index is 1.85. The summed E-state index contributed by atoms with van der Waals surface area (Å²) in [6.07, 6.45) is 5.00. The highest BCUT2D eigenvalue weighted by atomic mass is 16.2. The molecule has 1 fully saturated rings. The van der Waals surface area contributed by atoms with Crippen LogP contribution in [-0.4, -0.2) is 54.4 Å². The van der Waals surface area contributed by atoms with E-state index in [1.54, 1.807) is 19.2 Å². The third-order valence-corrected chi connectivity index (χ3v) is 4.14. The third-order valence-electron chi connectivity index (χ3n) is 4.14. The lowest BCUT2D eigenvalue weighted by molar-refractivity contribution is -0.129. The van der Waals surface area contributed by atoms with Crippen molar-refractivity contribution >= 4 is 17.5 Å². The molecule has 1 aromatic rings. The molecule has 1 aliphatic rings. The molecule has 6 heteroatoms. The van der Waals surface area contributed by atoms with Gasteiger partial charge in [0, 0.05) is 39.6 Å². The van der Waals surface area contributed by atoms with E-state index in [2.05, 4.69) is 22.1 Å². The van der Waals surface area contributed by atoms with E-state index in [0.29, 0.717) is 12.2 Å². The highest BCUT2D eigenvalue weighted by molar-refractivity contribution is 5.92. The molecule has 1 aliphatic heterocycles. The largest absolute Gasteiger partial charge is 0.367 e. The second kappa shape index (κ2) is 8.50. The van der Waals surface area contributed by atoms with Gasteiger partial charge < -0.3 is 15.1 Å². The molecule has 6 nitrogen and oxygen atoms in total. The number of hydrogen-bond donors (Lipinski definition) is 1. The van der Waals surface area contributed by atoms with Crippen molar-refractivity contribution in [3.8, 4) is 0 Å². The van der Waals surface area contributed by atoms with Gasteiger partial charge in [0.2, 0.25) is 5.91 Å². The van der Waals surface area contributed by atoms with Crippen LogP contribution < -0.4 is 10.2 Å². The molecule has 1 aromatic heterocycles. The van der Waals surface area contributed by atoms with Gasteiger partial charge in [-0.2, -0.15) is 0 Å². The quantitative estimate of drug-likeness (QED) is 0.810. The van der Waals surface area contributed by atoms with Crippen molar-refractivity contribution in [1.82, 2.24) is 15.2 Å². The molecule has 0 saturated carbocycles. The Labute approximate surface area is 137 Å². The molecule has 126 valence electrons. The first-order chi connectivity index (χ1) is 11.1. The van der Waals surface area contributed by atoms with Crippen molar-refractivity contribution in [3.63, 3.8) is 0 Å². The molecule has 2 amide bonds. The van der Waals surface area contributed by atoms with E-state index in [-0.39, 0.29) is 11.8 Å². The van der Waals surface area contributed by atoms with Gasteiger partial charge in [-0.15, -0.1) is 0 Å². The Kier molecular flexibility index (Phi) is 6.38. The molecule has 0 spiro atoms. The fraction of sp³-hybridized carbons (Fsp3) is 0.588. The van der Waals surface area contributed by atoms with E-state index >= 15 is 0 Å². The van der Waals surface area contributed by atoms with Gasteiger partial charge in [0.1, 0.15) is 5.69 Å². The normalized spacial score (nSPS) is 14.7. The van der Waals surface area contributed by atoms with Gasteiger partial charge in [-0.25, -0.2) is 4.98 Å². The van der Waals surface area contributed by atoms with E-state index in [1.807, 2.05) is 11.0 Å². The number of nitrogens with zero attached hydrogens (tertiary/aromatic N) is 3. The Morgan fingerprint density at radius 2 is 1.91 bits per heavy atom. The number of hydrogen-bond acceptors (Lipinski definition) is 4. The summed E-state index contributed by atoms with van der Waals surface area (Å²) >= 11 is 0. The number of carbonyl (C=O) groups is 2. The van der Waals surface area contributed by atoms with E-state index in [0.717, 1.165) is 51.1 Å². The number of anilines is 1. The minimum atomic E-state index is -0.117. The number of unbranched alkanes of at least 4 members (excludes halogenated alkanes) is 2. The van der Waals surface area contributed by atoms with E-state index in [4.69, 9.17) is 0 Å². The van der Waals surface area contributed by atoms with Crippen molar-refractivity contribution in [1.29, 1.82) is 0 Å². The van der Waals surface area contributed by atoms with Crippen LogP contribution in [0.15, 0.2) is 18.3 Å². The van der Waals surface area contributed by atoms with Crippen LogP contribution in [0.3, 0.4) is 0 Å². The van der Waals surface area contributed by atoms with Crippen LogP contribution in [-0.2, 0) is 4.79 Å². The van der Waals surface area contributed by atoms with E-state index in [1.165, 1.54) is 0 Å². The lowest BCUT2D eigenvalue weighted by atomic mass is 10.2. The summed E-state index contributed by atoms with van der Waals surface area (Å²) in [7, 11) is 0. The average molecular weight is 318 g/mol. The summed E-state index contributed by atoms with van der Waals surface area (Å²) in [5.41, 5.74) is 1.45. The van der Waals surface area contributed by atoms with Gasteiger partial charge in [-0.05, 0) is 18.6 Å². The maximum atomic E-state index is 12.0. The first-order valence-corrected chi connectivity index (χ1v) is 8.36. The molecule has 0 bridgehead atoms. The van der Waals surface area contributed by atoms with Crippen LogP contribution in [0.4, 0.5) is 5.69 Å².